The molecule has 1 aliphatic carbocycles. The summed E-state index contributed by atoms with van der Waals surface area (Å²) in [5, 5.41) is 3.51. The molecular weight excluding hydrogens is 256 g/mol. The molecule has 1 aromatic carbocycles. The highest BCUT2D eigenvalue weighted by Crippen LogP contribution is 2.36. The zero-order chi connectivity index (χ0) is 14.5. The summed E-state index contributed by atoms with van der Waals surface area (Å²) in [6, 6.07) is 11.1. The average molecular weight is 282 g/mol. The number of rotatable bonds is 6. The first-order valence-corrected chi connectivity index (χ1v) is 8.24. The van der Waals surface area contributed by atoms with Crippen LogP contribution in [0, 0.1) is 18.3 Å². The van der Waals surface area contributed by atoms with E-state index in [1.54, 1.807) is 0 Å². The first-order chi connectivity index (χ1) is 10.3. The first kappa shape index (κ1) is 14.6. The van der Waals surface area contributed by atoms with Crippen molar-refractivity contribution in [2.45, 2.75) is 31.1 Å². The number of hydrogen-bond acceptors (Lipinski definition) is 2. The molecule has 2 heteroatoms. The number of hydrogen-bond donors (Lipinski definition) is 1. The van der Waals surface area contributed by atoms with Crippen LogP contribution in [-0.2, 0) is 5.41 Å². The van der Waals surface area contributed by atoms with Gasteiger partial charge in [0.05, 0.1) is 6.54 Å². The van der Waals surface area contributed by atoms with Crippen molar-refractivity contribution < 1.29 is 0 Å². The summed E-state index contributed by atoms with van der Waals surface area (Å²) in [6.07, 6.45) is 10.8. The predicted octanol–water partition coefficient (Wildman–Crippen LogP) is 2.65. The van der Waals surface area contributed by atoms with E-state index >= 15 is 0 Å². The van der Waals surface area contributed by atoms with Gasteiger partial charge in [0.25, 0.3) is 0 Å². The van der Waals surface area contributed by atoms with E-state index in [9.17, 15) is 0 Å². The minimum absolute atomic E-state index is 0.276. The summed E-state index contributed by atoms with van der Waals surface area (Å²) in [5.41, 5.74) is 1.77. The molecule has 1 aromatic rings. The van der Waals surface area contributed by atoms with Crippen molar-refractivity contribution in [2.75, 3.05) is 32.7 Å². The van der Waals surface area contributed by atoms with Crippen LogP contribution in [0.2, 0.25) is 0 Å². The fourth-order valence-electron chi connectivity index (χ4n) is 3.64. The molecule has 0 radical (unpaired) electrons. The van der Waals surface area contributed by atoms with Gasteiger partial charge in [0.1, 0.15) is 0 Å². The van der Waals surface area contributed by atoms with Gasteiger partial charge in [-0.3, -0.25) is 4.90 Å². The SMILES string of the molecule is C#CCN(CC1CC1)CC1(c2ccccc2)CCNCC1. The highest BCUT2D eigenvalue weighted by atomic mass is 15.1. The Bertz CT molecular complexity index is 478. The lowest BCUT2D eigenvalue weighted by Gasteiger charge is -2.41. The molecule has 0 atom stereocenters. The van der Waals surface area contributed by atoms with Crippen molar-refractivity contribution in [1.29, 1.82) is 0 Å². The second kappa shape index (κ2) is 6.64. The lowest BCUT2D eigenvalue weighted by Crippen LogP contribution is -2.48. The van der Waals surface area contributed by atoms with Gasteiger partial charge in [-0.1, -0.05) is 36.3 Å². The summed E-state index contributed by atoms with van der Waals surface area (Å²) < 4.78 is 0. The third-order valence-corrected chi connectivity index (χ3v) is 5.00. The van der Waals surface area contributed by atoms with E-state index in [-0.39, 0.29) is 5.41 Å². The van der Waals surface area contributed by atoms with Crippen LogP contribution in [0.15, 0.2) is 30.3 Å². The number of terminal acetylenes is 1. The van der Waals surface area contributed by atoms with Crippen molar-refractivity contribution in [3.63, 3.8) is 0 Å². The third-order valence-electron chi connectivity index (χ3n) is 5.00. The van der Waals surface area contributed by atoms with Gasteiger partial charge in [0, 0.05) is 18.5 Å². The van der Waals surface area contributed by atoms with Crippen molar-refractivity contribution >= 4 is 0 Å². The fourth-order valence-corrected chi connectivity index (χ4v) is 3.64. The molecule has 3 rings (SSSR count). The van der Waals surface area contributed by atoms with Gasteiger partial charge in [-0.25, -0.2) is 0 Å². The Labute approximate surface area is 128 Å². The second-order valence-corrected chi connectivity index (χ2v) is 6.71. The normalized spacial score (nSPS) is 21.1. The van der Waals surface area contributed by atoms with Crippen molar-refractivity contribution in [3.8, 4) is 12.3 Å². The maximum Gasteiger partial charge on any atom is 0.0599 e. The third kappa shape index (κ3) is 3.67. The van der Waals surface area contributed by atoms with Gasteiger partial charge < -0.3 is 5.32 Å². The van der Waals surface area contributed by atoms with Crippen molar-refractivity contribution in [3.05, 3.63) is 35.9 Å². The first-order valence-electron chi connectivity index (χ1n) is 8.24. The van der Waals surface area contributed by atoms with E-state index in [1.165, 1.54) is 37.8 Å². The maximum atomic E-state index is 5.61. The van der Waals surface area contributed by atoms with E-state index in [1.807, 2.05) is 0 Å². The van der Waals surface area contributed by atoms with Crippen LogP contribution >= 0.6 is 0 Å². The number of nitrogens with zero attached hydrogens (tertiary/aromatic N) is 1. The van der Waals surface area contributed by atoms with Gasteiger partial charge in [0.2, 0.25) is 0 Å². The van der Waals surface area contributed by atoms with Gasteiger partial charge in [-0.15, -0.1) is 6.42 Å². The summed E-state index contributed by atoms with van der Waals surface area (Å²) in [4.78, 5) is 2.52. The van der Waals surface area contributed by atoms with Gasteiger partial charge >= 0.3 is 0 Å². The molecule has 0 amide bonds. The molecule has 0 unspecified atom stereocenters. The Morgan fingerprint density at radius 3 is 2.52 bits per heavy atom. The minimum Gasteiger partial charge on any atom is -0.317 e. The van der Waals surface area contributed by atoms with Crippen LogP contribution in [0.1, 0.15) is 31.2 Å². The lowest BCUT2D eigenvalue weighted by atomic mass is 9.72. The van der Waals surface area contributed by atoms with E-state index in [4.69, 9.17) is 6.42 Å². The largest absolute Gasteiger partial charge is 0.317 e. The molecule has 21 heavy (non-hydrogen) atoms. The highest BCUT2D eigenvalue weighted by Gasteiger charge is 2.36. The molecule has 1 saturated heterocycles. The molecule has 0 spiro atoms. The molecular formula is C19H26N2. The highest BCUT2D eigenvalue weighted by molar-refractivity contribution is 5.27. The number of benzene rings is 1. The van der Waals surface area contributed by atoms with Crippen LogP contribution in [0.25, 0.3) is 0 Å². The second-order valence-electron chi connectivity index (χ2n) is 6.71. The average Bonchev–Trinajstić information content (AvgIpc) is 3.33. The summed E-state index contributed by atoms with van der Waals surface area (Å²) in [5.74, 6) is 3.77. The van der Waals surface area contributed by atoms with Gasteiger partial charge in [0.15, 0.2) is 0 Å². The van der Waals surface area contributed by atoms with Crippen LogP contribution in [-0.4, -0.2) is 37.6 Å². The standard InChI is InChI=1S/C19H26N2/c1-2-14-21(15-17-8-9-17)16-19(10-12-20-13-11-19)18-6-4-3-5-7-18/h1,3-7,17,20H,8-16H2. The van der Waals surface area contributed by atoms with Crippen LogP contribution in [0.4, 0.5) is 0 Å². The molecule has 1 heterocycles. The molecule has 1 N–H and O–H groups in total. The monoisotopic (exact) mass is 282 g/mol. The van der Waals surface area contributed by atoms with Gasteiger partial charge in [-0.05, 0) is 50.3 Å². The van der Waals surface area contributed by atoms with E-state index in [0.717, 1.165) is 32.1 Å². The molecule has 2 aliphatic rings. The van der Waals surface area contributed by atoms with Crippen LogP contribution < -0.4 is 5.32 Å². The molecule has 112 valence electrons. The Balaban J connectivity index is 1.79. The fraction of sp³-hybridized carbons (Fsp3) is 0.579. The molecule has 0 bridgehead atoms. The minimum atomic E-state index is 0.276. The zero-order valence-electron chi connectivity index (χ0n) is 12.9. The van der Waals surface area contributed by atoms with E-state index in [0.29, 0.717) is 0 Å². The molecule has 1 aliphatic heterocycles. The Morgan fingerprint density at radius 2 is 1.90 bits per heavy atom. The summed E-state index contributed by atoms with van der Waals surface area (Å²) >= 11 is 0. The summed E-state index contributed by atoms with van der Waals surface area (Å²) in [6.45, 7) is 5.31. The Hall–Kier alpha value is -1.30. The molecule has 0 aromatic heterocycles. The van der Waals surface area contributed by atoms with Crippen molar-refractivity contribution in [1.82, 2.24) is 10.2 Å². The van der Waals surface area contributed by atoms with Crippen LogP contribution in [0.5, 0.6) is 0 Å². The Morgan fingerprint density at radius 1 is 1.19 bits per heavy atom. The number of nitrogens with one attached hydrogen (secondary N) is 1. The topological polar surface area (TPSA) is 15.3 Å². The van der Waals surface area contributed by atoms with Crippen molar-refractivity contribution in [2.24, 2.45) is 5.92 Å². The molecule has 1 saturated carbocycles. The van der Waals surface area contributed by atoms with Crippen LogP contribution in [0.3, 0.4) is 0 Å². The maximum absolute atomic E-state index is 5.61. The summed E-state index contributed by atoms with van der Waals surface area (Å²) in [7, 11) is 0. The smallest absolute Gasteiger partial charge is 0.0599 e. The molecule has 2 fully saturated rings. The van der Waals surface area contributed by atoms with Gasteiger partial charge in [-0.2, -0.15) is 0 Å². The van der Waals surface area contributed by atoms with E-state index in [2.05, 4.69) is 46.5 Å². The van der Waals surface area contributed by atoms with E-state index < -0.39 is 0 Å². The predicted molar refractivity (Wildman–Crippen MR) is 88.2 cm³/mol. The zero-order valence-corrected chi connectivity index (χ0v) is 12.9. The molecule has 2 nitrogen and oxygen atoms in total. The quantitative estimate of drug-likeness (QED) is 0.807. The number of piperidine rings is 1. The Kier molecular flexibility index (Phi) is 4.63. The lowest BCUT2D eigenvalue weighted by molar-refractivity contribution is 0.183.